The van der Waals surface area contributed by atoms with Crippen molar-refractivity contribution in [3.8, 4) is 0 Å². The molecular formula is C14H7Cl2F3O. The number of carbonyl (C=O) groups excluding carboxylic acids is 1. The van der Waals surface area contributed by atoms with Crippen LogP contribution in [0.5, 0.6) is 0 Å². The van der Waals surface area contributed by atoms with E-state index >= 15 is 0 Å². The van der Waals surface area contributed by atoms with Crippen LogP contribution in [-0.2, 0) is 6.42 Å². The van der Waals surface area contributed by atoms with Crippen molar-refractivity contribution in [3.63, 3.8) is 0 Å². The van der Waals surface area contributed by atoms with Crippen LogP contribution in [-0.4, -0.2) is 5.78 Å². The number of carbonyl (C=O) groups is 1. The Balaban J connectivity index is 2.36. The Bertz CT molecular complexity index is 663. The molecule has 0 atom stereocenters. The van der Waals surface area contributed by atoms with Gasteiger partial charge in [-0.25, -0.2) is 13.2 Å². The lowest BCUT2D eigenvalue weighted by Crippen LogP contribution is -2.10. The first-order valence-corrected chi connectivity index (χ1v) is 6.25. The van der Waals surface area contributed by atoms with Gasteiger partial charge in [0.15, 0.2) is 5.78 Å². The van der Waals surface area contributed by atoms with E-state index in [2.05, 4.69) is 0 Å². The first-order chi connectivity index (χ1) is 9.38. The predicted octanol–water partition coefficient (Wildman–Crippen LogP) is 4.84. The van der Waals surface area contributed by atoms with Crippen LogP contribution in [0, 0.1) is 17.5 Å². The molecule has 0 bridgehead atoms. The van der Waals surface area contributed by atoms with Gasteiger partial charge in [-0.15, -0.1) is 0 Å². The maximum Gasteiger partial charge on any atom is 0.173 e. The third kappa shape index (κ3) is 3.14. The molecule has 2 aromatic carbocycles. The smallest absolute Gasteiger partial charge is 0.173 e. The second-order valence-electron chi connectivity index (χ2n) is 4.08. The molecule has 0 N–H and O–H groups in total. The molecule has 0 aliphatic heterocycles. The van der Waals surface area contributed by atoms with Crippen molar-refractivity contribution >= 4 is 29.0 Å². The van der Waals surface area contributed by atoms with Crippen LogP contribution >= 0.6 is 23.2 Å². The zero-order chi connectivity index (χ0) is 14.9. The minimum Gasteiger partial charge on any atom is -0.294 e. The highest BCUT2D eigenvalue weighted by Gasteiger charge is 2.20. The van der Waals surface area contributed by atoms with Gasteiger partial charge < -0.3 is 0 Å². The van der Waals surface area contributed by atoms with Crippen molar-refractivity contribution in [2.75, 3.05) is 0 Å². The Labute approximate surface area is 122 Å². The zero-order valence-electron chi connectivity index (χ0n) is 9.89. The molecule has 0 aromatic heterocycles. The van der Waals surface area contributed by atoms with Crippen molar-refractivity contribution in [2.24, 2.45) is 0 Å². The molecule has 0 amide bonds. The van der Waals surface area contributed by atoms with E-state index in [0.29, 0.717) is 22.7 Å². The highest BCUT2D eigenvalue weighted by molar-refractivity contribution is 6.33. The van der Waals surface area contributed by atoms with Crippen LogP contribution in [0.1, 0.15) is 15.9 Å². The van der Waals surface area contributed by atoms with Crippen molar-refractivity contribution in [1.29, 1.82) is 0 Å². The minimum atomic E-state index is -1.24. The Morgan fingerprint density at radius 1 is 1.00 bits per heavy atom. The average molecular weight is 319 g/mol. The van der Waals surface area contributed by atoms with Crippen LogP contribution in [0.15, 0.2) is 30.3 Å². The molecule has 2 rings (SSSR count). The van der Waals surface area contributed by atoms with Gasteiger partial charge in [0.2, 0.25) is 0 Å². The maximum absolute atomic E-state index is 13.5. The largest absolute Gasteiger partial charge is 0.294 e. The van der Waals surface area contributed by atoms with E-state index in [-0.39, 0.29) is 11.4 Å². The summed E-state index contributed by atoms with van der Waals surface area (Å²) in [6, 6.07) is 5.34. The van der Waals surface area contributed by atoms with E-state index in [0.717, 1.165) is 0 Å². The van der Waals surface area contributed by atoms with Crippen LogP contribution in [0.25, 0.3) is 0 Å². The summed E-state index contributed by atoms with van der Waals surface area (Å²) >= 11 is 11.6. The summed E-state index contributed by atoms with van der Waals surface area (Å²) in [6.07, 6.45) is -0.334. The minimum absolute atomic E-state index is 0.255. The van der Waals surface area contributed by atoms with Crippen LogP contribution in [0.2, 0.25) is 10.0 Å². The lowest BCUT2D eigenvalue weighted by molar-refractivity contribution is 0.0985. The van der Waals surface area contributed by atoms with Gasteiger partial charge in [0.05, 0.1) is 5.56 Å². The highest BCUT2D eigenvalue weighted by Crippen LogP contribution is 2.23. The third-order valence-corrected chi connectivity index (χ3v) is 3.25. The van der Waals surface area contributed by atoms with Gasteiger partial charge in [-0.05, 0) is 23.8 Å². The summed E-state index contributed by atoms with van der Waals surface area (Å²) in [4.78, 5) is 11.9. The summed E-state index contributed by atoms with van der Waals surface area (Å²) in [7, 11) is 0. The van der Waals surface area contributed by atoms with E-state index in [1.165, 1.54) is 18.2 Å². The fourth-order valence-electron chi connectivity index (χ4n) is 1.75. The second kappa shape index (κ2) is 5.85. The molecule has 0 heterocycles. The number of rotatable bonds is 3. The molecule has 0 radical (unpaired) electrons. The molecule has 0 saturated carbocycles. The predicted molar refractivity (Wildman–Crippen MR) is 70.8 cm³/mol. The van der Waals surface area contributed by atoms with Gasteiger partial charge >= 0.3 is 0 Å². The first kappa shape index (κ1) is 14.9. The van der Waals surface area contributed by atoms with E-state index in [4.69, 9.17) is 23.2 Å². The molecular weight excluding hydrogens is 312 g/mol. The topological polar surface area (TPSA) is 17.1 Å². The fourth-order valence-corrected chi connectivity index (χ4v) is 2.13. The van der Waals surface area contributed by atoms with Gasteiger partial charge in [-0.1, -0.05) is 23.2 Å². The third-order valence-electron chi connectivity index (χ3n) is 2.64. The fraction of sp³-hybridized carbons (Fsp3) is 0.0714. The Hall–Kier alpha value is -1.52. The normalized spacial score (nSPS) is 10.7. The molecule has 1 nitrogen and oxygen atoms in total. The first-order valence-electron chi connectivity index (χ1n) is 5.50. The quantitative estimate of drug-likeness (QED) is 0.740. The summed E-state index contributed by atoms with van der Waals surface area (Å²) < 4.78 is 39.8. The number of Topliss-reactive ketones (excluding diaryl/α,β-unsaturated/α-hetero) is 1. The van der Waals surface area contributed by atoms with Crippen molar-refractivity contribution in [1.82, 2.24) is 0 Å². The molecule has 0 aliphatic carbocycles. The molecule has 104 valence electrons. The van der Waals surface area contributed by atoms with Crippen LogP contribution in [0.3, 0.4) is 0 Å². The van der Waals surface area contributed by atoms with E-state index < -0.39 is 28.8 Å². The van der Waals surface area contributed by atoms with Crippen molar-refractivity contribution in [2.45, 2.75) is 6.42 Å². The standard InChI is InChI=1S/C14H7Cl2F3O/c15-8-1-2-10(16)7(3-8)4-13(20)14-11(18)5-9(17)6-12(14)19/h1-3,5-6H,4H2. The summed E-state index contributed by atoms with van der Waals surface area (Å²) in [5, 5.41) is 0.600. The van der Waals surface area contributed by atoms with Crippen molar-refractivity contribution in [3.05, 3.63) is 69.0 Å². The van der Waals surface area contributed by atoms with Crippen molar-refractivity contribution < 1.29 is 18.0 Å². The number of hydrogen-bond acceptors (Lipinski definition) is 1. The molecule has 20 heavy (non-hydrogen) atoms. The van der Waals surface area contributed by atoms with E-state index in [9.17, 15) is 18.0 Å². The summed E-state index contributed by atoms with van der Waals surface area (Å²) in [6.45, 7) is 0. The summed E-state index contributed by atoms with van der Waals surface area (Å²) in [5.74, 6) is -4.42. The maximum atomic E-state index is 13.5. The van der Waals surface area contributed by atoms with Gasteiger partial charge in [-0.3, -0.25) is 4.79 Å². The van der Waals surface area contributed by atoms with Crippen LogP contribution in [0.4, 0.5) is 13.2 Å². The second-order valence-corrected chi connectivity index (χ2v) is 4.92. The molecule has 0 unspecified atom stereocenters. The zero-order valence-corrected chi connectivity index (χ0v) is 11.4. The monoisotopic (exact) mass is 318 g/mol. The Morgan fingerprint density at radius 2 is 1.60 bits per heavy atom. The van der Waals surface area contributed by atoms with E-state index in [1.54, 1.807) is 0 Å². The number of halogens is 5. The molecule has 0 fully saturated rings. The Kier molecular flexibility index (Phi) is 4.35. The SMILES string of the molecule is O=C(Cc1cc(Cl)ccc1Cl)c1c(F)cc(F)cc1F. The van der Waals surface area contributed by atoms with Crippen LogP contribution < -0.4 is 0 Å². The number of benzene rings is 2. The molecule has 0 saturated heterocycles. The summed E-state index contributed by atoms with van der Waals surface area (Å²) in [5.41, 5.74) is -0.449. The molecule has 0 aliphatic rings. The van der Waals surface area contributed by atoms with Gasteiger partial charge in [0.1, 0.15) is 17.5 Å². The average Bonchev–Trinajstić information content (AvgIpc) is 2.32. The lowest BCUT2D eigenvalue weighted by Gasteiger charge is -2.07. The van der Waals surface area contributed by atoms with Gasteiger partial charge in [0.25, 0.3) is 0 Å². The molecule has 0 spiro atoms. The Morgan fingerprint density at radius 3 is 2.20 bits per heavy atom. The van der Waals surface area contributed by atoms with Gasteiger partial charge in [0, 0.05) is 28.6 Å². The lowest BCUT2D eigenvalue weighted by atomic mass is 10.0. The molecule has 6 heteroatoms. The van der Waals surface area contributed by atoms with E-state index in [1.807, 2.05) is 0 Å². The molecule has 2 aromatic rings. The number of hydrogen-bond donors (Lipinski definition) is 0. The van der Waals surface area contributed by atoms with Gasteiger partial charge in [-0.2, -0.15) is 0 Å². The highest BCUT2D eigenvalue weighted by atomic mass is 35.5. The number of ketones is 1.